The SMILES string of the molecule is CCCc1nnsc1C(=O)NC[C@@H](C)O. The largest absolute Gasteiger partial charge is 0.392 e. The molecule has 15 heavy (non-hydrogen) atoms. The first-order valence-electron chi connectivity index (χ1n) is 4.92. The van der Waals surface area contributed by atoms with Crippen LogP contribution in [0.4, 0.5) is 0 Å². The number of carbonyl (C=O) groups excluding carboxylic acids is 1. The number of amides is 1. The lowest BCUT2D eigenvalue weighted by molar-refractivity contribution is 0.0927. The zero-order chi connectivity index (χ0) is 11.3. The highest BCUT2D eigenvalue weighted by Gasteiger charge is 2.15. The van der Waals surface area contributed by atoms with Crippen molar-refractivity contribution in [2.24, 2.45) is 0 Å². The highest BCUT2D eigenvalue weighted by Crippen LogP contribution is 2.12. The molecule has 0 aliphatic rings. The summed E-state index contributed by atoms with van der Waals surface area (Å²) in [5.74, 6) is -0.200. The second-order valence-corrected chi connectivity index (χ2v) is 4.11. The van der Waals surface area contributed by atoms with Crippen molar-refractivity contribution in [2.75, 3.05) is 6.54 Å². The third kappa shape index (κ3) is 3.56. The average Bonchev–Trinajstić information content (AvgIpc) is 2.63. The van der Waals surface area contributed by atoms with Crippen molar-refractivity contribution in [1.82, 2.24) is 14.9 Å². The van der Waals surface area contributed by atoms with Gasteiger partial charge in [0.15, 0.2) is 0 Å². The van der Waals surface area contributed by atoms with Crippen LogP contribution in [0.25, 0.3) is 0 Å². The Morgan fingerprint density at radius 1 is 1.67 bits per heavy atom. The topological polar surface area (TPSA) is 75.1 Å². The van der Waals surface area contributed by atoms with Gasteiger partial charge >= 0.3 is 0 Å². The fourth-order valence-electron chi connectivity index (χ4n) is 1.10. The van der Waals surface area contributed by atoms with Crippen molar-refractivity contribution in [3.63, 3.8) is 0 Å². The Labute approximate surface area is 92.7 Å². The fraction of sp³-hybridized carbons (Fsp3) is 0.667. The number of carbonyl (C=O) groups is 1. The predicted octanol–water partition coefficient (Wildman–Crippen LogP) is 0.601. The number of aliphatic hydroxyl groups excluding tert-OH is 1. The highest BCUT2D eigenvalue weighted by atomic mass is 32.1. The summed E-state index contributed by atoms with van der Waals surface area (Å²) in [7, 11) is 0. The first kappa shape index (κ1) is 12.1. The van der Waals surface area contributed by atoms with Gasteiger partial charge in [0.05, 0.1) is 11.8 Å². The molecule has 6 heteroatoms. The van der Waals surface area contributed by atoms with Gasteiger partial charge in [0.1, 0.15) is 4.88 Å². The van der Waals surface area contributed by atoms with Gasteiger partial charge in [-0.25, -0.2) is 0 Å². The van der Waals surface area contributed by atoms with Crippen LogP contribution in [0.1, 0.15) is 35.6 Å². The molecule has 0 fully saturated rings. The van der Waals surface area contributed by atoms with E-state index in [1.165, 1.54) is 0 Å². The number of aliphatic hydroxyl groups is 1. The highest BCUT2D eigenvalue weighted by molar-refractivity contribution is 7.08. The number of aromatic nitrogens is 2. The Morgan fingerprint density at radius 2 is 2.40 bits per heavy atom. The standard InChI is InChI=1S/C9H15N3O2S/c1-3-4-7-8(15-12-11-7)9(14)10-5-6(2)13/h6,13H,3-5H2,1-2H3,(H,10,14)/t6-/m1/s1. The summed E-state index contributed by atoms with van der Waals surface area (Å²) in [6.45, 7) is 3.90. The molecule has 0 aromatic carbocycles. The number of rotatable bonds is 5. The molecule has 0 saturated heterocycles. The van der Waals surface area contributed by atoms with Crippen LogP contribution in [0.2, 0.25) is 0 Å². The van der Waals surface area contributed by atoms with E-state index in [0.29, 0.717) is 4.88 Å². The third-order valence-electron chi connectivity index (χ3n) is 1.81. The number of aryl methyl sites for hydroxylation is 1. The van der Waals surface area contributed by atoms with Gasteiger partial charge in [0.2, 0.25) is 0 Å². The summed E-state index contributed by atoms with van der Waals surface area (Å²) < 4.78 is 3.76. The monoisotopic (exact) mass is 229 g/mol. The van der Waals surface area contributed by atoms with Crippen LogP contribution >= 0.6 is 11.5 Å². The number of nitrogens with zero attached hydrogens (tertiary/aromatic N) is 2. The maximum absolute atomic E-state index is 11.6. The molecule has 1 rings (SSSR count). The van der Waals surface area contributed by atoms with Crippen LogP contribution in [0.15, 0.2) is 0 Å². The molecule has 5 nitrogen and oxygen atoms in total. The summed E-state index contributed by atoms with van der Waals surface area (Å²) in [6, 6.07) is 0. The lowest BCUT2D eigenvalue weighted by Gasteiger charge is -2.05. The molecule has 0 spiro atoms. The van der Waals surface area contributed by atoms with Crippen molar-refractivity contribution in [2.45, 2.75) is 32.8 Å². The molecular formula is C9H15N3O2S. The smallest absolute Gasteiger partial charge is 0.265 e. The molecule has 2 N–H and O–H groups in total. The van der Waals surface area contributed by atoms with E-state index in [2.05, 4.69) is 14.9 Å². The first-order valence-corrected chi connectivity index (χ1v) is 5.70. The third-order valence-corrected chi connectivity index (χ3v) is 2.57. The van der Waals surface area contributed by atoms with Crippen LogP contribution in [-0.2, 0) is 6.42 Å². The van der Waals surface area contributed by atoms with Gasteiger partial charge in [-0.05, 0) is 24.9 Å². The van der Waals surface area contributed by atoms with E-state index < -0.39 is 6.10 Å². The molecule has 0 aliphatic heterocycles. The molecule has 0 radical (unpaired) electrons. The zero-order valence-electron chi connectivity index (χ0n) is 8.86. The van der Waals surface area contributed by atoms with Crippen molar-refractivity contribution in [3.05, 3.63) is 10.6 Å². The van der Waals surface area contributed by atoms with Gasteiger partial charge in [0.25, 0.3) is 5.91 Å². The van der Waals surface area contributed by atoms with Gasteiger partial charge in [-0.3, -0.25) is 4.79 Å². The Bertz CT molecular complexity index is 325. The second kappa shape index (κ2) is 5.77. The predicted molar refractivity (Wildman–Crippen MR) is 57.9 cm³/mol. The minimum Gasteiger partial charge on any atom is -0.392 e. The molecule has 0 unspecified atom stereocenters. The molecule has 0 aliphatic carbocycles. The normalized spacial score (nSPS) is 12.5. The summed E-state index contributed by atoms with van der Waals surface area (Å²) in [6.07, 6.45) is 1.15. The number of hydrogen-bond acceptors (Lipinski definition) is 5. The van der Waals surface area contributed by atoms with Crippen molar-refractivity contribution >= 4 is 17.4 Å². The van der Waals surface area contributed by atoms with E-state index in [0.717, 1.165) is 30.1 Å². The van der Waals surface area contributed by atoms with E-state index in [1.54, 1.807) is 6.92 Å². The van der Waals surface area contributed by atoms with Crippen LogP contribution in [0, 0.1) is 0 Å². The Hall–Kier alpha value is -1.01. The Kier molecular flexibility index (Phi) is 4.64. The van der Waals surface area contributed by atoms with Crippen LogP contribution in [-0.4, -0.2) is 33.2 Å². The summed E-state index contributed by atoms with van der Waals surface area (Å²) in [5, 5.41) is 15.6. The minimum atomic E-state index is -0.538. The van der Waals surface area contributed by atoms with E-state index >= 15 is 0 Å². The molecule has 1 atom stereocenters. The van der Waals surface area contributed by atoms with E-state index in [1.807, 2.05) is 6.92 Å². The van der Waals surface area contributed by atoms with Crippen LogP contribution in [0.3, 0.4) is 0 Å². The molecule has 0 saturated carbocycles. The van der Waals surface area contributed by atoms with E-state index in [9.17, 15) is 4.79 Å². The molecule has 1 amide bonds. The Balaban J connectivity index is 2.60. The molecule has 1 aromatic rings. The first-order chi connectivity index (χ1) is 7.15. The zero-order valence-corrected chi connectivity index (χ0v) is 9.67. The Morgan fingerprint density at radius 3 is 3.00 bits per heavy atom. The summed E-state index contributed by atoms with van der Waals surface area (Å²) in [4.78, 5) is 12.2. The van der Waals surface area contributed by atoms with E-state index in [4.69, 9.17) is 5.11 Å². The van der Waals surface area contributed by atoms with Gasteiger partial charge in [0, 0.05) is 6.54 Å². The quantitative estimate of drug-likeness (QED) is 0.775. The van der Waals surface area contributed by atoms with Crippen LogP contribution < -0.4 is 5.32 Å². The average molecular weight is 229 g/mol. The summed E-state index contributed by atoms with van der Waals surface area (Å²) in [5.41, 5.74) is 0.741. The minimum absolute atomic E-state index is 0.200. The van der Waals surface area contributed by atoms with Gasteiger partial charge in [-0.15, -0.1) is 5.10 Å². The lowest BCUT2D eigenvalue weighted by atomic mass is 10.2. The lowest BCUT2D eigenvalue weighted by Crippen LogP contribution is -2.30. The molecule has 84 valence electrons. The van der Waals surface area contributed by atoms with Crippen molar-refractivity contribution in [3.8, 4) is 0 Å². The molecule has 1 aromatic heterocycles. The molecule has 0 bridgehead atoms. The van der Waals surface area contributed by atoms with Crippen LogP contribution in [0.5, 0.6) is 0 Å². The van der Waals surface area contributed by atoms with E-state index in [-0.39, 0.29) is 12.5 Å². The molecular weight excluding hydrogens is 214 g/mol. The maximum atomic E-state index is 11.6. The van der Waals surface area contributed by atoms with Gasteiger partial charge in [-0.1, -0.05) is 17.8 Å². The second-order valence-electron chi connectivity index (χ2n) is 3.36. The van der Waals surface area contributed by atoms with Gasteiger partial charge < -0.3 is 10.4 Å². The molecule has 1 heterocycles. The fourth-order valence-corrected chi connectivity index (χ4v) is 1.73. The summed E-state index contributed by atoms with van der Waals surface area (Å²) >= 11 is 1.09. The number of nitrogens with one attached hydrogen (secondary N) is 1. The van der Waals surface area contributed by atoms with Crippen molar-refractivity contribution < 1.29 is 9.90 Å². The maximum Gasteiger partial charge on any atom is 0.265 e. The van der Waals surface area contributed by atoms with Crippen molar-refractivity contribution in [1.29, 1.82) is 0 Å². The van der Waals surface area contributed by atoms with Gasteiger partial charge in [-0.2, -0.15) is 0 Å². The number of hydrogen-bond donors (Lipinski definition) is 2.